The number of hydrogen-bond acceptors (Lipinski definition) is 5. The molecule has 0 spiro atoms. The molecule has 2 N–H and O–H groups in total. The van der Waals surface area contributed by atoms with Crippen LogP contribution in [0.3, 0.4) is 0 Å². The third kappa shape index (κ3) is 5.92. The highest BCUT2D eigenvalue weighted by Gasteiger charge is 2.10. The first-order valence-corrected chi connectivity index (χ1v) is 11.1. The highest BCUT2D eigenvalue weighted by atomic mass is 32.1. The summed E-state index contributed by atoms with van der Waals surface area (Å²) in [5.74, 6) is 0.321. The standard InChI is InChI=1S/C25H23N3O3S/c1-17-7-11-20(12-8-17)31-16-24(30)28-25-27-21-13-10-19(15-22(21)32-25)26-23(29)14-9-18-5-3-2-4-6-18/h2-8,10-13,15H,9,14,16H2,1H3,(H,26,29)(H,27,28,30). The summed E-state index contributed by atoms with van der Waals surface area (Å²) < 4.78 is 6.38. The molecule has 2 amide bonds. The van der Waals surface area contributed by atoms with Crippen LogP contribution in [-0.4, -0.2) is 23.4 Å². The van der Waals surface area contributed by atoms with Crippen LogP contribution in [-0.2, 0) is 16.0 Å². The molecule has 0 fully saturated rings. The number of nitrogens with one attached hydrogen (secondary N) is 2. The first-order chi connectivity index (χ1) is 15.5. The molecule has 7 heteroatoms. The molecule has 0 radical (unpaired) electrons. The maximum absolute atomic E-state index is 12.3. The summed E-state index contributed by atoms with van der Waals surface area (Å²) in [4.78, 5) is 28.9. The molecule has 0 aliphatic rings. The lowest BCUT2D eigenvalue weighted by molar-refractivity contribution is -0.118. The van der Waals surface area contributed by atoms with Crippen LogP contribution in [0.5, 0.6) is 5.75 Å². The predicted molar refractivity (Wildman–Crippen MR) is 128 cm³/mol. The number of nitrogens with zero attached hydrogens (tertiary/aromatic N) is 1. The van der Waals surface area contributed by atoms with Crippen LogP contribution in [0, 0.1) is 6.92 Å². The normalized spacial score (nSPS) is 10.7. The Bertz CT molecular complexity index is 1220. The van der Waals surface area contributed by atoms with Crippen molar-refractivity contribution in [2.45, 2.75) is 19.8 Å². The molecule has 0 bridgehead atoms. The van der Waals surface area contributed by atoms with E-state index in [1.54, 1.807) is 0 Å². The fraction of sp³-hybridized carbons (Fsp3) is 0.160. The van der Waals surface area contributed by atoms with Crippen molar-refractivity contribution in [1.29, 1.82) is 0 Å². The Kier molecular flexibility index (Phi) is 6.77. The molecular weight excluding hydrogens is 422 g/mol. The molecule has 0 aliphatic heterocycles. The fourth-order valence-electron chi connectivity index (χ4n) is 3.12. The van der Waals surface area contributed by atoms with Gasteiger partial charge in [0, 0.05) is 12.1 Å². The molecule has 6 nitrogen and oxygen atoms in total. The van der Waals surface area contributed by atoms with Crippen molar-refractivity contribution in [2.24, 2.45) is 0 Å². The molecule has 162 valence electrons. The van der Waals surface area contributed by atoms with Crippen LogP contribution in [0.4, 0.5) is 10.8 Å². The van der Waals surface area contributed by atoms with Gasteiger partial charge in [-0.2, -0.15) is 0 Å². The molecule has 0 saturated heterocycles. The van der Waals surface area contributed by atoms with Gasteiger partial charge < -0.3 is 10.1 Å². The number of rotatable bonds is 8. The van der Waals surface area contributed by atoms with E-state index < -0.39 is 0 Å². The number of amides is 2. The van der Waals surface area contributed by atoms with E-state index in [1.165, 1.54) is 11.3 Å². The molecule has 0 aliphatic carbocycles. The number of thiazole rings is 1. The summed E-state index contributed by atoms with van der Waals surface area (Å²) in [5.41, 5.74) is 3.72. The van der Waals surface area contributed by atoms with E-state index >= 15 is 0 Å². The topological polar surface area (TPSA) is 80.3 Å². The van der Waals surface area contributed by atoms with Gasteiger partial charge in [-0.1, -0.05) is 59.4 Å². The van der Waals surface area contributed by atoms with Crippen LogP contribution in [0.1, 0.15) is 17.5 Å². The molecule has 4 rings (SSSR count). The summed E-state index contributed by atoms with van der Waals surface area (Å²) in [7, 11) is 0. The molecule has 0 unspecified atom stereocenters. The smallest absolute Gasteiger partial charge is 0.264 e. The summed E-state index contributed by atoms with van der Waals surface area (Å²) in [6, 6.07) is 22.9. The number of hydrogen-bond donors (Lipinski definition) is 2. The number of benzene rings is 3. The molecule has 1 heterocycles. The van der Waals surface area contributed by atoms with Crippen molar-refractivity contribution in [3.8, 4) is 5.75 Å². The Morgan fingerprint density at radius 1 is 0.938 bits per heavy atom. The van der Waals surface area contributed by atoms with Gasteiger partial charge in [-0.25, -0.2) is 4.98 Å². The number of carbonyl (C=O) groups excluding carboxylic acids is 2. The van der Waals surface area contributed by atoms with Gasteiger partial charge in [-0.05, 0) is 49.2 Å². The van der Waals surface area contributed by atoms with E-state index in [2.05, 4.69) is 15.6 Å². The molecular formula is C25H23N3O3S. The summed E-state index contributed by atoms with van der Waals surface area (Å²) in [5, 5.41) is 6.19. The second-order valence-corrected chi connectivity index (χ2v) is 8.42. The van der Waals surface area contributed by atoms with Crippen LogP contribution in [0.25, 0.3) is 10.2 Å². The summed E-state index contributed by atoms with van der Waals surface area (Å²) in [6.07, 6.45) is 1.10. The Hall–Kier alpha value is -3.71. The van der Waals surface area contributed by atoms with E-state index in [9.17, 15) is 9.59 Å². The Balaban J connectivity index is 1.31. The summed E-state index contributed by atoms with van der Waals surface area (Å²) >= 11 is 1.35. The molecule has 0 saturated carbocycles. The van der Waals surface area contributed by atoms with Gasteiger partial charge in [0.25, 0.3) is 5.91 Å². The third-order valence-corrected chi connectivity index (χ3v) is 5.73. The maximum Gasteiger partial charge on any atom is 0.264 e. The van der Waals surface area contributed by atoms with Crippen LogP contribution >= 0.6 is 11.3 Å². The zero-order valence-corrected chi connectivity index (χ0v) is 18.4. The monoisotopic (exact) mass is 445 g/mol. The number of ether oxygens (including phenoxy) is 1. The van der Waals surface area contributed by atoms with Crippen molar-refractivity contribution in [2.75, 3.05) is 17.2 Å². The largest absolute Gasteiger partial charge is 0.484 e. The molecule has 4 aromatic rings. The fourth-order valence-corrected chi connectivity index (χ4v) is 4.04. The van der Waals surface area contributed by atoms with Gasteiger partial charge in [-0.3, -0.25) is 14.9 Å². The predicted octanol–water partition coefficient (Wildman–Crippen LogP) is 5.19. The molecule has 3 aromatic carbocycles. The number of fused-ring (bicyclic) bond motifs is 1. The first kappa shape index (κ1) is 21.5. The van der Waals surface area contributed by atoms with Gasteiger partial charge in [-0.15, -0.1) is 0 Å². The second-order valence-electron chi connectivity index (χ2n) is 7.39. The molecule has 1 aromatic heterocycles. The zero-order valence-electron chi connectivity index (χ0n) is 17.6. The van der Waals surface area contributed by atoms with E-state index in [-0.39, 0.29) is 18.4 Å². The lowest BCUT2D eigenvalue weighted by Crippen LogP contribution is -2.19. The lowest BCUT2D eigenvalue weighted by atomic mass is 10.1. The number of aryl methyl sites for hydroxylation is 2. The first-order valence-electron chi connectivity index (χ1n) is 10.3. The molecule has 32 heavy (non-hydrogen) atoms. The highest BCUT2D eigenvalue weighted by molar-refractivity contribution is 7.22. The number of anilines is 2. The molecule has 0 atom stereocenters. The van der Waals surface area contributed by atoms with Gasteiger partial charge in [0.15, 0.2) is 11.7 Å². The number of aromatic nitrogens is 1. The summed E-state index contributed by atoms with van der Waals surface area (Å²) in [6.45, 7) is 1.90. The van der Waals surface area contributed by atoms with Crippen LogP contribution in [0.2, 0.25) is 0 Å². The SMILES string of the molecule is Cc1ccc(OCC(=O)Nc2nc3ccc(NC(=O)CCc4ccccc4)cc3s2)cc1. The minimum atomic E-state index is -0.279. The lowest BCUT2D eigenvalue weighted by Gasteiger charge is -2.05. The van der Waals surface area contributed by atoms with E-state index in [1.807, 2.05) is 79.7 Å². The maximum atomic E-state index is 12.3. The second kappa shape index (κ2) is 10.1. The van der Waals surface area contributed by atoms with Gasteiger partial charge in [0.1, 0.15) is 5.75 Å². The quantitative estimate of drug-likeness (QED) is 0.391. The van der Waals surface area contributed by atoms with E-state index in [0.717, 1.165) is 21.3 Å². The van der Waals surface area contributed by atoms with Crippen molar-refractivity contribution in [3.63, 3.8) is 0 Å². The van der Waals surface area contributed by atoms with Crippen molar-refractivity contribution in [1.82, 2.24) is 4.98 Å². The van der Waals surface area contributed by atoms with Gasteiger partial charge >= 0.3 is 0 Å². The van der Waals surface area contributed by atoms with Crippen molar-refractivity contribution >= 4 is 44.2 Å². The van der Waals surface area contributed by atoms with Crippen molar-refractivity contribution < 1.29 is 14.3 Å². The Morgan fingerprint density at radius 2 is 1.72 bits per heavy atom. The average Bonchev–Trinajstić information content (AvgIpc) is 3.19. The van der Waals surface area contributed by atoms with Gasteiger partial charge in [0.2, 0.25) is 5.91 Å². The van der Waals surface area contributed by atoms with Crippen molar-refractivity contribution in [3.05, 3.63) is 83.9 Å². The Morgan fingerprint density at radius 3 is 2.50 bits per heavy atom. The number of carbonyl (C=O) groups is 2. The average molecular weight is 446 g/mol. The zero-order chi connectivity index (χ0) is 22.3. The van der Waals surface area contributed by atoms with Gasteiger partial charge in [0.05, 0.1) is 10.2 Å². The van der Waals surface area contributed by atoms with E-state index in [4.69, 9.17) is 4.74 Å². The minimum Gasteiger partial charge on any atom is -0.484 e. The minimum absolute atomic E-state index is 0.0421. The van der Waals surface area contributed by atoms with Crippen LogP contribution < -0.4 is 15.4 Å². The third-order valence-electron chi connectivity index (χ3n) is 4.79. The van der Waals surface area contributed by atoms with E-state index in [0.29, 0.717) is 29.4 Å². The Labute approximate surface area is 190 Å². The van der Waals surface area contributed by atoms with Crippen LogP contribution in [0.15, 0.2) is 72.8 Å². The highest BCUT2D eigenvalue weighted by Crippen LogP contribution is 2.28.